The largest absolute Gasteiger partial charge is 0.337 e. The predicted octanol–water partition coefficient (Wildman–Crippen LogP) is 3.29. The Labute approximate surface area is 191 Å². The van der Waals surface area contributed by atoms with Crippen LogP contribution >= 0.6 is 0 Å². The number of amides is 1. The summed E-state index contributed by atoms with van der Waals surface area (Å²) in [6.07, 6.45) is 8.71. The molecule has 1 aliphatic heterocycles. The molecule has 1 aliphatic rings. The highest BCUT2D eigenvalue weighted by molar-refractivity contribution is 6.04. The van der Waals surface area contributed by atoms with E-state index < -0.39 is 0 Å². The molecule has 1 fully saturated rings. The fourth-order valence-electron chi connectivity index (χ4n) is 4.43. The molecule has 1 aromatic carbocycles. The number of aryl methyl sites for hydroxylation is 1. The van der Waals surface area contributed by atoms with Gasteiger partial charge in [-0.05, 0) is 31.9 Å². The van der Waals surface area contributed by atoms with Crippen molar-refractivity contribution in [2.75, 3.05) is 13.1 Å². The van der Waals surface area contributed by atoms with E-state index in [1.807, 2.05) is 42.3 Å². The number of benzene rings is 1. The number of hydrogen-bond donors (Lipinski definition) is 0. The molecule has 4 aromatic rings. The molecule has 8 heteroatoms. The van der Waals surface area contributed by atoms with Crippen LogP contribution in [0.25, 0.3) is 21.9 Å². The molecule has 0 bridgehead atoms. The van der Waals surface area contributed by atoms with Gasteiger partial charge in [-0.3, -0.25) is 14.6 Å². The fourth-order valence-corrected chi connectivity index (χ4v) is 4.43. The zero-order valence-corrected chi connectivity index (χ0v) is 18.4. The number of aromatic nitrogens is 5. The number of likely N-dealkylation sites (tertiary alicyclic amines) is 1. The van der Waals surface area contributed by atoms with Gasteiger partial charge in [0.05, 0.1) is 5.39 Å². The molecule has 1 atom stereocenters. The average molecular weight is 441 g/mol. The molecule has 5 rings (SSSR count). The van der Waals surface area contributed by atoms with Crippen molar-refractivity contribution < 1.29 is 4.79 Å². The minimum atomic E-state index is -0.172. The van der Waals surface area contributed by atoms with Gasteiger partial charge in [-0.1, -0.05) is 24.3 Å². The highest BCUT2D eigenvalue weighted by Gasteiger charge is 2.28. The second-order valence-corrected chi connectivity index (χ2v) is 8.20. The number of carbonyl (C=O) groups is 1. The Bertz CT molecular complexity index is 1350. The number of nitrogens with zero attached hydrogens (tertiary/aromatic N) is 6. The summed E-state index contributed by atoms with van der Waals surface area (Å²) >= 11 is 0. The van der Waals surface area contributed by atoms with E-state index in [0.29, 0.717) is 36.1 Å². The van der Waals surface area contributed by atoms with Crippen molar-refractivity contribution in [3.05, 3.63) is 83.1 Å². The van der Waals surface area contributed by atoms with Crippen molar-refractivity contribution in [2.24, 2.45) is 0 Å². The maximum Gasteiger partial charge on any atom is 0.274 e. The molecule has 4 heterocycles. The van der Waals surface area contributed by atoms with Gasteiger partial charge in [0.15, 0.2) is 5.69 Å². The Morgan fingerprint density at radius 3 is 2.55 bits per heavy atom. The molecule has 166 valence electrons. The number of pyridine rings is 1. The van der Waals surface area contributed by atoms with E-state index in [1.165, 1.54) is 11.0 Å². The zero-order valence-electron chi connectivity index (χ0n) is 18.4. The topological polar surface area (TPSA) is 93.9 Å². The first-order valence-electron chi connectivity index (χ1n) is 11.2. The summed E-state index contributed by atoms with van der Waals surface area (Å²) in [6, 6.07) is 11.2. The van der Waals surface area contributed by atoms with Crippen LogP contribution in [0.1, 0.15) is 41.9 Å². The standard InChI is InChI=1S/C25H24N6O2/c1-2-31-24(32)21-8-4-3-7-20(21)23(29-31)25(33)30-11-5-6-18(15-30)22-10-9-17(14-28-22)19-12-26-16-27-13-19/h3-4,7-10,12-14,16,18H,2,5-6,11,15H2,1H3/t18-/m0/s1. The molecule has 33 heavy (non-hydrogen) atoms. The fraction of sp³-hybridized carbons (Fsp3) is 0.280. The Hall–Kier alpha value is -3.94. The van der Waals surface area contributed by atoms with Crippen molar-refractivity contribution in [3.8, 4) is 11.1 Å². The smallest absolute Gasteiger partial charge is 0.274 e. The lowest BCUT2D eigenvalue weighted by atomic mass is 9.93. The van der Waals surface area contributed by atoms with E-state index in [4.69, 9.17) is 0 Å². The summed E-state index contributed by atoms with van der Waals surface area (Å²) in [5, 5.41) is 5.55. The second kappa shape index (κ2) is 8.90. The van der Waals surface area contributed by atoms with Gasteiger partial charge in [-0.25, -0.2) is 14.6 Å². The highest BCUT2D eigenvalue weighted by Crippen LogP contribution is 2.28. The molecule has 0 unspecified atom stereocenters. The predicted molar refractivity (Wildman–Crippen MR) is 125 cm³/mol. The Morgan fingerprint density at radius 2 is 1.82 bits per heavy atom. The lowest BCUT2D eigenvalue weighted by molar-refractivity contribution is 0.0699. The van der Waals surface area contributed by atoms with E-state index in [2.05, 4.69) is 20.1 Å². The van der Waals surface area contributed by atoms with Crippen molar-refractivity contribution in [2.45, 2.75) is 32.2 Å². The van der Waals surface area contributed by atoms with Crippen molar-refractivity contribution in [3.63, 3.8) is 0 Å². The van der Waals surface area contributed by atoms with Crippen LogP contribution in [-0.2, 0) is 6.54 Å². The van der Waals surface area contributed by atoms with Crippen LogP contribution in [0, 0.1) is 0 Å². The maximum absolute atomic E-state index is 13.5. The normalized spacial score (nSPS) is 16.2. The van der Waals surface area contributed by atoms with Gasteiger partial charge in [-0.2, -0.15) is 5.10 Å². The molecule has 0 radical (unpaired) electrons. The molecule has 0 saturated carbocycles. The van der Waals surface area contributed by atoms with E-state index in [9.17, 15) is 9.59 Å². The number of fused-ring (bicyclic) bond motifs is 1. The minimum absolute atomic E-state index is 0.142. The van der Waals surface area contributed by atoms with Crippen LogP contribution in [0.2, 0.25) is 0 Å². The second-order valence-electron chi connectivity index (χ2n) is 8.20. The van der Waals surface area contributed by atoms with Crippen LogP contribution in [0.3, 0.4) is 0 Å². The Kier molecular flexibility index (Phi) is 5.64. The molecule has 1 saturated heterocycles. The van der Waals surface area contributed by atoms with Crippen LogP contribution < -0.4 is 5.56 Å². The summed E-state index contributed by atoms with van der Waals surface area (Å²) in [5.74, 6) is 0.00303. The average Bonchev–Trinajstić information content (AvgIpc) is 2.89. The molecule has 8 nitrogen and oxygen atoms in total. The minimum Gasteiger partial charge on any atom is -0.337 e. The quantitative estimate of drug-likeness (QED) is 0.483. The van der Waals surface area contributed by atoms with Crippen LogP contribution in [0.4, 0.5) is 0 Å². The third-order valence-corrected chi connectivity index (χ3v) is 6.18. The highest BCUT2D eigenvalue weighted by atomic mass is 16.2. The van der Waals surface area contributed by atoms with Crippen molar-refractivity contribution >= 4 is 16.7 Å². The number of hydrogen-bond acceptors (Lipinski definition) is 6. The number of carbonyl (C=O) groups excluding carboxylic acids is 1. The van der Waals surface area contributed by atoms with Crippen molar-refractivity contribution in [1.29, 1.82) is 0 Å². The van der Waals surface area contributed by atoms with Crippen LogP contribution in [0.15, 0.2) is 66.1 Å². The van der Waals surface area contributed by atoms with Gasteiger partial charge in [0.1, 0.15) is 6.33 Å². The van der Waals surface area contributed by atoms with Crippen molar-refractivity contribution in [1.82, 2.24) is 29.6 Å². The lowest BCUT2D eigenvalue weighted by Gasteiger charge is -2.32. The zero-order chi connectivity index (χ0) is 22.8. The summed E-state index contributed by atoms with van der Waals surface area (Å²) in [6.45, 7) is 3.50. The van der Waals surface area contributed by atoms with Gasteiger partial charge in [0, 0.05) is 66.3 Å². The first-order chi connectivity index (χ1) is 16.2. The molecule has 1 amide bonds. The molecular weight excluding hydrogens is 416 g/mol. The van der Waals surface area contributed by atoms with Gasteiger partial charge in [-0.15, -0.1) is 0 Å². The first-order valence-corrected chi connectivity index (χ1v) is 11.2. The van der Waals surface area contributed by atoms with E-state index in [1.54, 1.807) is 24.5 Å². The number of rotatable bonds is 4. The summed E-state index contributed by atoms with van der Waals surface area (Å²) in [4.78, 5) is 40.8. The molecule has 0 N–H and O–H groups in total. The van der Waals surface area contributed by atoms with Gasteiger partial charge in [0.25, 0.3) is 11.5 Å². The third kappa shape index (κ3) is 4.00. The molecule has 0 aliphatic carbocycles. The lowest BCUT2D eigenvalue weighted by Crippen LogP contribution is -2.40. The van der Waals surface area contributed by atoms with Crippen LogP contribution in [-0.4, -0.2) is 48.6 Å². The van der Waals surface area contributed by atoms with Gasteiger partial charge in [0.2, 0.25) is 0 Å². The Balaban J connectivity index is 1.41. The van der Waals surface area contributed by atoms with Crippen LogP contribution in [0.5, 0.6) is 0 Å². The van der Waals surface area contributed by atoms with E-state index in [-0.39, 0.29) is 17.4 Å². The molecule has 3 aromatic heterocycles. The summed E-state index contributed by atoms with van der Waals surface area (Å²) in [7, 11) is 0. The van der Waals surface area contributed by atoms with Gasteiger partial charge >= 0.3 is 0 Å². The SMILES string of the molecule is CCn1nc(C(=O)N2CCC[C@H](c3ccc(-c4cncnc4)cn3)C2)c2ccccc2c1=O. The first kappa shape index (κ1) is 20.9. The Morgan fingerprint density at radius 1 is 1.03 bits per heavy atom. The summed E-state index contributed by atoms with van der Waals surface area (Å²) < 4.78 is 1.37. The molecular formula is C25H24N6O2. The van der Waals surface area contributed by atoms with E-state index >= 15 is 0 Å². The molecule has 0 spiro atoms. The maximum atomic E-state index is 13.5. The monoisotopic (exact) mass is 440 g/mol. The van der Waals surface area contributed by atoms with Gasteiger partial charge < -0.3 is 4.90 Å². The summed E-state index contributed by atoms with van der Waals surface area (Å²) in [5.41, 5.74) is 3.00. The third-order valence-electron chi connectivity index (χ3n) is 6.18. The van der Waals surface area contributed by atoms with E-state index in [0.717, 1.165) is 29.7 Å². The number of piperidine rings is 1.